The second kappa shape index (κ2) is 6.12. The Morgan fingerprint density at radius 2 is 2.05 bits per heavy atom. The summed E-state index contributed by atoms with van der Waals surface area (Å²) in [4.78, 5) is 11.4. The summed E-state index contributed by atoms with van der Waals surface area (Å²) in [6.45, 7) is 1.66. The van der Waals surface area contributed by atoms with Gasteiger partial charge in [0.05, 0.1) is 18.8 Å². The summed E-state index contributed by atoms with van der Waals surface area (Å²) in [5, 5.41) is 24.4. The van der Waals surface area contributed by atoms with Gasteiger partial charge >= 0.3 is 0 Å². The molecule has 1 saturated heterocycles. The number of aliphatic hydroxyl groups is 2. The first kappa shape index (κ1) is 15.1. The van der Waals surface area contributed by atoms with Crippen LogP contribution < -0.4 is 0 Å². The molecule has 0 radical (unpaired) electrons. The van der Waals surface area contributed by atoms with Gasteiger partial charge in [-0.3, -0.25) is 0 Å². The van der Waals surface area contributed by atoms with E-state index in [1.54, 1.807) is 0 Å². The van der Waals surface area contributed by atoms with Crippen LogP contribution >= 0.6 is 0 Å². The molecule has 2 N–H and O–H groups in total. The van der Waals surface area contributed by atoms with Gasteiger partial charge in [0.25, 0.3) is 0 Å². The number of nitrogens with zero attached hydrogens (tertiary/aromatic N) is 1. The molecule has 0 aliphatic carbocycles. The molecule has 0 aromatic heterocycles. The molecule has 1 heterocycles. The molecule has 1 aliphatic heterocycles. The number of aliphatic hydroxyl groups excluding tert-OH is 2. The van der Waals surface area contributed by atoms with Crippen LogP contribution in [-0.4, -0.2) is 29.0 Å². The number of nitroso groups, excluding NO2 is 1. The molecule has 3 unspecified atom stereocenters. The van der Waals surface area contributed by atoms with Crippen LogP contribution in [0.2, 0.25) is 0 Å². The molecule has 3 rings (SSSR count). The van der Waals surface area contributed by atoms with E-state index in [0.29, 0.717) is 17.7 Å². The van der Waals surface area contributed by atoms with Crippen LogP contribution in [0.1, 0.15) is 25.0 Å². The van der Waals surface area contributed by atoms with Crippen molar-refractivity contribution >= 4 is 16.5 Å². The Labute approximate surface area is 128 Å². The van der Waals surface area contributed by atoms with Crippen LogP contribution in [-0.2, 0) is 4.74 Å². The summed E-state index contributed by atoms with van der Waals surface area (Å²) < 4.78 is 5.80. The lowest BCUT2D eigenvalue weighted by Crippen LogP contribution is -2.43. The third-order valence-corrected chi connectivity index (χ3v) is 4.44. The summed E-state index contributed by atoms with van der Waals surface area (Å²) in [5.74, 6) is -0.0260. The van der Waals surface area contributed by atoms with Gasteiger partial charge in [-0.15, -0.1) is 4.91 Å². The maximum atomic E-state index is 11.4. The Bertz CT molecular complexity index is 687. The molecule has 2 aromatic carbocycles. The highest BCUT2D eigenvalue weighted by Gasteiger charge is 2.36. The Morgan fingerprint density at radius 3 is 2.77 bits per heavy atom. The molecular weight excluding hydrogens is 282 g/mol. The predicted octanol–water partition coefficient (Wildman–Crippen LogP) is 3.06. The van der Waals surface area contributed by atoms with Crippen LogP contribution in [0.4, 0.5) is 5.69 Å². The van der Waals surface area contributed by atoms with Crippen LogP contribution in [0.3, 0.4) is 0 Å². The van der Waals surface area contributed by atoms with Crippen molar-refractivity contribution in [2.45, 2.75) is 31.7 Å². The molecule has 2 aromatic rings. The molecular formula is C17H19NO4. The number of hydrogen-bond donors (Lipinski definition) is 2. The number of fused-ring (bicyclic) bond motifs is 1. The zero-order valence-electron chi connectivity index (χ0n) is 12.3. The maximum absolute atomic E-state index is 11.4. The molecule has 0 bridgehead atoms. The second-order valence-corrected chi connectivity index (χ2v) is 5.87. The van der Waals surface area contributed by atoms with Crippen LogP contribution in [0.5, 0.6) is 0 Å². The van der Waals surface area contributed by atoms with Gasteiger partial charge in [0.2, 0.25) is 0 Å². The molecule has 0 spiro atoms. The summed E-state index contributed by atoms with van der Waals surface area (Å²) in [7, 11) is 0. The van der Waals surface area contributed by atoms with E-state index in [4.69, 9.17) is 4.74 Å². The Hall–Kier alpha value is -1.82. The standard InChI is InChI=1S/C17H19NO4/c1-10-8-14(22-15(9-19)17(10)20)13-7-6-11-4-2-3-5-12(11)16(13)18-21/h2-7,10,14-15,17,19-20H,8-9H2,1H3/t10?,14?,15?,17-/m0/s1. The van der Waals surface area contributed by atoms with E-state index in [-0.39, 0.29) is 18.6 Å². The SMILES string of the molecule is CC1CC(c2ccc3ccccc3c2N=O)OC(CO)[C@H]1O. The van der Waals surface area contributed by atoms with Crippen molar-refractivity contribution in [2.24, 2.45) is 11.1 Å². The van der Waals surface area contributed by atoms with Crippen molar-refractivity contribution in [1.29, 1.82) is 0 Å². The fourth-order valence-corrected chi connectivity index (χ4v) is 3.18. The molecule has 4 atom stereocenters. The molecule has 116 valence electrons. The van der Waals surface area contributed by atoms with Gasteiger partial charge in [-0.25, -0.2) is 0 Å². The molecule has 5 heteroatoms. The van der Waals surface area contributed by atoms with E-state index in [9.17, 15) is 15.1 Å². The third kappa shape index (κ3) is 2.52. The average Bonchev–Trinajstić information content (AvgIpc) is 2.56. The van der Waals surface area contributed by atoms with Crippen molar-refractivity contribution < 1.29 is 14.9 Å². The summed E-state index contributed by atoms with van der Waals surface area (Å²) >= 11 is 0. The minimum atomic E-state index is -0.700. The monoisotopic (exact) mass is 301 g/mol. The van der Waals surface area contributed by atoms with Gasteiger partial charge in [-0.05, 0) is 22.9 Å². The topological polar surface area (TPSA) is 79.1 Å². The van der Waals surface area contributed by atoms with E-state index >= 15 is 0 Å². The van der Waals surface area contributed by atoms with Gasteiger partial charge in [0, 0.05) is 10.9 Å². The van der Waals surface area contributed by atoms with E-state index in [1.807, 2.05) is 43.3 Å². The first-order chi connectivity index (χ1) is 10.7. The summed E-state index contributed by atoms with van der Waals surface area (Å²) in [6.07, 6.45) is -1.11. The van der Waals surface area contributed by atoms with E-state index in [0.717, 1.165) is 10.8 Å². The van der Waals surface area contributed by atoms with Crippen molar-refractivity contribution in [3.8, 4) is 0 Å². The predicted molar refractivity (Wildman–Crippen MR) is 83.9 cm³/mol. The largest absolute Gasteiger partial charge is 0.394 e. The number of hydrogen-bond acceptors (Lipinski definition) is 5. The Kier molecular flexibility index (Phi) is 4.20. The van der Waals surface area contributed by atoms with Crippen molar-refractivity contribution in [2.75, 3.05) is 6.61 Å². The van der Waals surface area contributed by atoms with Crippen LogP contribution in [0.25, 0.3) is 10.8 Å². The molecule has 1 aliphatic rings. The average molecular weight is 301 g/mol. The van der Waals surface area contributed by atoms with Gasteiger partial charge in [0.15, 0.2) is 0 Å². The second-order valence-electron chi connectivity index (χ2n) is 5.87. The summed E-state index contributed by atoms with van der Waals surface area (Å²) in [6, 6.07) is 11.4. The maximum Gasteiger partial charge on any atom is 0.121 e. The minimum Gasteiger partial charge on any atom is -0.394 e. The highest BCUT2D eigenvalue weighted by molar-refractivity contribution is 5.94. The zero-order chi connectivity index (χ0) is 15.7. The zero-order valence-corrected chi connectivity index (χ0v) is 12.3. The number of benzene rings is 2. The quantitative estimate of drug-likeness (QED) is 0.854. The lowest BCUT2D eigenvalue weighted by Gasteiger charge is -2.37. The Morgan fingerprint density at radius 1 is 1.27 bits per heavy atom. The molecule has 5 nitrogen and oxygen atoms in total. The van der Waals surface area contributed by atoms with Gasteiger partial charge < -0.3 is 14.9 Å². The first-order valence-electron chi connectivity index (χ1n) is 7.45. The smallest absolute Gasteiger partial charge is 0.121 e. The van der Waals surface area contributed by atoms with Crippen molar-refractivity contribution in [3.63, 3.8) is 0 Å². The van der Waals surface area contributed by atoms with Crippen molar-refractivity contribution in [3.05, 3.63) is 46.9 Å². The van der Waals surface area contributed by atoms with Gasteiger partial charge in [0.1, 0.15) is 11.8 Å². The molecule has 22 heavy (non-hydrogen) atoms. The van der Waals surface area contributed by atoms with E-state index < -0.39 is 12.2 Å². The fraction of sp³-hybridized carbons (Fsp3) is 0.412. The molecule has 0 amide bonds. The lowest BCUT2D eigenvalue weighted by molar-refractivity contribution is -0.157. The minimum absolute atomic E-state index is 0.0260. The van der Waals surface area contributed by atoms with Crippen molar-refractivity contribution in [1.82, 2.24) is 0 Å². The lowest BCUT2D eigenvalue weighted by atomic mass is 9.86. The van der Waals surface area contributed by atoms with Crippen LogP contribution in [0.15, 0.2) is 41.6 Å². The number of rotatable bonds is 3. The van der Waals surface area contributed by atoms with Gasteiger partial charge in [-0.2, -0.15) is 0 Å². The fourth-order valence-electron chi connectivity index (χ4n) is 3.18. The first-order valence-corrected chi connectivity index (χ1v) is 7.45. The molecule has 1 fully saturated rings. The van der Waals surface area contributed by atoms with E-state index in [2.05, 4.69) is 5.18 Å². The highest BCUT2D eigenvalue weighted by Crippen LogP contribution is 2.41. The number of ether oxygens (including phenoxy) is 1. The normalized spacial score (nSPS) is 28.7. The van der Waals surface area contributed by atoms with Gasteiger partial charge in [-0.1, -0.05) is 43.3 Å². The Balaban J connectivity index is 2.04. The molecule has 0 saturated carbocycles. The highest BCUT2D eigenvalue weighted by atomic mass is 16.5. The summed E-state index contributed by atoms with van der Waals surface area (Å²) in [5.41, 5.74) is 1.09. The van der Waals surface area contributed by atoms with E-state index in [1.165, 1.54) is 0 Å². The van der Waals surface area contributed by atoms with Crippen LogP contribution in [0, 0.1) is 10.8 Å². The third-order valence-electron chi connectivity index (χ3n) is 4.44.